The quantitative estimate of drug-likeness (QED) is 0.265. The third kappa shape index (κ3) is 7.73. The predicted molar refractivity (Wildman–Crippen MR) is 156 cm³/mol. The van der Waals surface area contributed by atoms with Gasteiger partial charge >= 0.3 is 18.0 Å². The van der Waals surface area contributed by atoms with Crippen LogP contribution in [0.3, 0.4) is 0 Å². The predicted octanol–water partition coefficient (Wildman–Crippen LogP) is 3.55. The van der Waals surface area contributed by atoms with Crippen LogP contribution in [-0.4, -0.2) is 73.3 Å². The highest BCUT2D eigenvalue weighted by Crippen LogP contribution is 2.44. The van der Waals surface area contributed by atoms with E-state index in [0.717, 1.165) is 27.8 Å². The molecular weight excluding hydrogens is 538 g/mol. The maximum Gasteiger partial charge on any atom is 0.407 e. The summed E-state index contributed by atoms with van der Waals surface area (Å²) >= 11 is 0. The van der Waals surface area contributed by atoms with Gasteiger partial charge in [-0.25, -0.2) is 9.59 Å². The second-order valence-corrected chi connectivity index (χ2v) is 10.2. The fourth-order valence-electron chi connectivity index (χ4n) is 5.14. The van der Waals surface area contributed by atoms with Crippen molar-refractivity contribution in [3.63, 3.8) is 0 Å². The van der Waals surface area contributed by atoms with Crippen LogP contribution >= 0.6 is 0 Å². The number of methoxy groups -OCH3 is 1. The number of fused-ring (bicyclic) bond motifs is 3. The molecule has 2 amide bonds. The fourth-order valence-corrected chi connectivity index (χ4v) is 5.14. The van der Waals surface area contributed by atoms with E-state index in [2.05, 4.69) is 15.4 Å². The zero-order valence-corrected chi connectivity index (χ0v) is 23.6. The first kappa shape index (κ1) is 30.3. The Bertz CT molecular complexity index is 1370. The molecule has 220 valence electrons. The van der Waals surface area contributed by atoms with Gasteiger partial charge in [-0.05, 0) is 41.3 Å². The number of nitrogens with one attached hydrogen (secondary N) is 2. The van der Waals surface area contributed by atoms with Gasteiger partial charge in [-0.3, -0.25) is 14.5 Å². The van der Waals surface area contributed by atoms with Crippen LogP contribution in [-0.2, 0) is 30.4 Å². The molecule has 1 aliphatic rings. The topological polar surface area (TPSA) is 134 Å². The first-order valence-corrected chi connectivity index (χ1v) is 13.7. The van der Waals surface area contributed by atoms with Crippen LogP contribution in [0.15, 0.2) is 78.9 Å². The Hall–Kier alpha value is -4.70. The number of aliphatic carboxylic acids is 1. The van der Waals surface area contributed by atoms with Gasteiger partial charge in [0.1, 0.15) is 18.7 Å². The number of hydrogen-bond acceptors (Lipinski definition) is 7. The molecular formula is C32H35N3O7. The number of amides is 2. The van der Waals surface area contributed by atoms with Gasteiger partial charge < -0.3 is 25.2 Å². The number of carboxylic acids is 1. The van der Waals surface area contributed by atoms with Crippen molar-refractivity contribution in [1.29, 1.82) is 0 Å². The van der Waals surface area contributed by atoms with Gasteiger partial charge in [0.2, 0.25) is 5.91 Å². The van der Waals surface area contributed by atoms with Crippen LogP contribution in [0.4, 0.5) is 4.79 Å². The molecule has 1 unspecified atom stereocenters. The smallest absolute Gasteiger partial charge is 0.407 e. The minimum atomic E-state index is -1.34. The number of alkyl carbamates (subject to hydrolysis) is 1. The monoisotopic (exact) mass is 573 g/mol. The molecule has 3 N–H and O–H groups in total. The summed E-state index contributed by atoms with van der Waals surface area (Å²) < 4.78 is 10.2. The number of rotatable bonds is 13. The zero-order chi connectivity index (χ0) is 30.1. The molecule has 42 heavy (non-hydrogen) atoms. The van der Waals surface area contributed by atoms with Gasteiger partial charge in [-0.2, -0.15) is 0 Å². The van der Waals surface area contributed by atoms with E-state index in [1.807, 2.05) is 83.8 Å². The molecule has 0 saturated heterocycles. The van der Waals surface area contributed by atoms with Crippen LogP contribution in [0.2, 0.25) is 0 Å². The van der Waals surface area contributed by atoms with E-state index in [0.29, 0.717) is 6.54 Å². The Labute approximate surface area is 244 Å². The molecule has 0 aromatic heterocycles. The van der Waals surface area contributed by atoms with Crippen molar-refractivity contribution in [2.75, 3.05) is 27.3 Å². The van der Waals surface area contributed by atoms with Crippen LogP contribution in [0.5, 0.6) is 0 Å². The molecule has 1 aliphatic carbocycles. The average molecular weight is 574 g/mol. The Kier molecular flexibility index (Phi) is 10.3. The van der Waals surface area contributed by atoms with Gasteiger partial charge in [0.05, 0.1) is 7.11 Å². The van der Waals surface area contributed by atoms with Gasteiger partial charge in [0, 0.05) is 25.4 Å². The van der Waals surface area contributed by atoms with Gasteiger partial charge in [-0.1, -0.05) is 78.9 Å². The largest absolute Gasteiger partial charge is 0.480 e. The molecule has 10 nitrogen and oxygen atoms in total. The van der Waals surface area contributed by atoms with Crippen molar-refractivity contribution in [2.24, 2.45) is 0 Å². The number of benzene rings is 3. The van der Waals surface area contributed by atoms with Crippen LogP contribution in [0.1, 0.15) is 35.4 Å². The molecule has 0 saturated carbocycles. The molecule has 0 heterocycles. The first-order chi connectivity index (χ1) is 20.3. The Morgan fingerprint density at radius 3 is 2.05 bits per heavy atom. The van der Waals surface area contributed by atoms with E-state index in [4.69, 9.17) is 4.74 Å². The van der Waals surface area contributed by atoms with E-state index < -0.39 is 36.0 Å². The summed E-state index contributed by atoms with van der Waals surface area (Å²) in [6, 6.07) is 23.0. The second kappa shape index (κ2) is 14.3. The average Bonchev–Trinajstić information content (AvgIpc) is 3.31. The second-order valence-electron chi connectivity index (χ2n) is 10.2. The molecule has 0 spiro atoms. The van der Waals surface area contributed by atoms with Gasteiger partial charge in [0.15, 0.2) is 0 Å². The highest BCUT2D eigenvalue weighted by molar-refractivity contribution is 5.89. The lowest BCUT2D eigenvalue weighted by Crippen LogP contribution is -2.55. The number of carbonyl (C=O) groups excluding carboxylic acids is 3. The molecule has 0 fully saturated rings. The number of nitrogens with zero attached hydrogens (tertiary/aromatic N) is 1. The van der Waals surface area contributed by atoms with E-state index >= 15 is 0 Å². The van der Waals surface area contributed by atoms with E-state index in [-0.39, 0.29) is 31.9 Å². The molecule has 2 atom stereocenters. The number of hydrogen-bond donors (Lipinski definition) is 3. The van der Waals surface area contributed by atoms with Crippen molar-refractivity contribution in [1.82, 2.24) is 15.5 Å². The molecule has 4 rings (SSSR count). The van der Waals surface area contributed by atoms with E-state index in [9.17, 15) is 24.3 Å². The van der Waals surface area contributed by atoms with E-state index in [1.54, 1.807) is 7.05 Å². The maximum absolute atomic E-state index is 13.3. The maximum atomic E-state index is 13.3. The molecule has 0 bridgehead atoms. The summed E-state index contributed by atoms with van der Waals surface area (Å²) in [5.41, 5.74) is 5.29. The summed E-state index contributed by atoms with van der Waals surface area (Å²) in [5.74, 6) is -2.76. The third-order valence-corrected chi connectivity index (χ3v) is 7.22. The number of esters is 1. The van der Waals surface area contributed by atoms with Crippen molar-refractivity contribution >= 4 is 23.9 Å². The minimum Gasteiger partial charge on any atom is -0.480 e. The van der Waals surface area contributed by atoms with Crippen molar-refractivity contribution in [3.8, 4) is 11.1 Å². The van der Waals surface area contributed by atoms with E-state index in [1.165, 1.54) is 7.11 Å². The molecule has 3 aromatic rings. The lowest BCUT2D eigenvalue weighted by atomic mass is 9.98. The van der Waals surface area contributed by atoms with Crippen molar-refractivity contribution in [2.45, 2.75) is 37.4 Å². The van der Waals surface area contributed by atoms with Crippen molar-refractivity contribution in [3.05, 3.63) is 95.6 Å². The number of likely N-dealkylation sites (N-methyl/N-ethyl adjacent to an activating group) is 1. The van der Waals surface area contributed by atoms with Gasteiger partial charge in [-0.15, -0.1) is 0 Å². The minimum absolute atomic E-state index is 0.0605. The third-order valence-electron chi connectivity index (χ3n) is 7.22. The number of carboxylic acid groups (broad SMARTS) is 1. The molecule has 3 aromatic carbocycles. The number of carbonyl (C=O) groups is 4. The fraction of sp³-hybridized carbons (Fsp3) is 0.312. The van der Waals surface area contributed by atoms with Crippen LogP contribution in [0.25, 0.3) is 11.1 Å². The summed E-state index contributed by atoms with van der Waals surface area (Å²) in [6.07, 6.45) is -1.15. The molecule has 0 aliphatic heterocycles. The lowest BCUT2D eigenvalue weighted by molar-refractivity contribution is -0.144. The Balaban J connectivity index is 1.45. The summed E-state index contributed by atoms with van der Waals surface area (Å²) in [4.78, 5) is 51.5. The lowest BCUT2D eigenvalue weighted by Gasteiger charge is -2.26. The van der Waals surface area contributed by atoms with Crippen LogP contribution in [0, 0.1) is 0 Å². The standard InChI is InChI=1S/C32H35N3O7/c1-35(18-21-10-4-3-5-11-21)19-28(30(37)33-27(31(38)39)16-17-29(36)41-2)34-32(40)42-20-26-24-14-8-6-12-22(24)23-13-7-9-15-25(23)26/h3-15,26-28H,16-20H2,1-2H3,(H,33,37)(H,34,40)(H,38,39)/t27-,28?/m1/s1. The Morgan fingerprint density at radius 1 is 0.857 bits per heavy atom. The summed E-state index contributed by atoms with van der Waals surface area (Å²) in [7, 11) is 2.99. The summed E-state index contributed by atoms with van der Waals surface area (Å²) in [6.45, 7) is 0.626. The van der Waals surface area contributed by atoms with Crippen LogP contribution < -0.4 is 10.6 Å². The van der Waals surface area contributed by atoms with Crippen molar-refractivity contribution < 1.29 is 33.8 Å². The SMILES string of the molecule is COC(=O)CC[C@@H](NC(=O)C(CN(C)Cc1ccccc1)NC(=O)OCC1c2ccccc2-c2ccccc21)C(=O)O. The molecule has 10 heteroatoms. The number of ether oxygens (including phenoxy) is 2. The highest BCUT2D eigenvalue weighted by atomic mass is 16.5. The summed E-state index contributed by atoms with van der Waals surface area (Å²) in [5, 5.41) is 14.7. The molecule has 0 radical (unpaired) electrons. The first-order valence-electron chi connectivity index (χ1n) is 13.7. The highest BCUT2D eigenvalue weighted by Gasteiger charge is 2.31. The Morgan fingerprint density at radius 2 is 1.45 bits per heavy atom. The van der Waals surface area contributed by atoms with Gasteiger partial charge in [0.25, 0.3) is 0 Å². The zero-order valence-electron chi connectivity index (χ0n) is 23.6. The normalized spacial score (nSPS) is 13.4.